The molecule has 4 heteroatoms. The van der Waals surface area contributed by atoms with E-state index in [1.54, 1.807) is 0 Å². The van der Waals surface area contributed by atoms with Crippen LogP contribution in [0.4, 0.5) is 0 Å². The first-order chi connectivity index (χ1) is 10.4. The Morgan fingerprint density at radius 1 is 1.14 bits per heavy atom. The van der Waals surface area contributed by atoms with Gasteiger partial charge in [0.1, 0.15) is 0 Å². The highest BCUT2D eigenvalue weighted by molar-refractivity contribution is 5.17. The molecule has 2 N–H and O–H groups in total. The predicted octanol–water partition coefficient (Wildman–Crippen LogP) is 1.94. The fourth-order valence-electron chi connectivity index (χ4n) is 2.70. The Morgan fingerprint density at radius 2 is 1.86 bits per heavy atom. The van der Waals surface area contributed by atoms with Crippen molar-refractivity contribution in [1.82, 2.24) is 14.8 Å². The molecule has 0 spiro atoms. The maximum atomic E-state index is 10.3. The van der Waals surface area contributed by atoms with Crippen LogP contribution in [-0.2, 0) is 13.1 Å². The average molecular weight is 301 g/mol. The van der Waals surface area contributed by atoms with Crippen molar-refractivity contribution in [3.05, 3.63) is 59.9 Å². The number of hydrogen-bond donors (Lipinski definition) is 2. The van der Waals surface area contributed by atoms with Crippen LogP contribution < -0.4 is 5.32 Å². The minimum Gasteiger partial charge on any atom is -0.388 e. The molecule has 1 aromatic carbocycles. The molecular weight excluding hydrogens is 274 g/mol. The van der Waals surface area contributed by atoms with Gasteiger partial charge in [-0.05, 0) is 38.2 Å². The van der Waals surface area contributed by atoms with Crippen LogP contribution in [0.1, 0.15) is 18.1 Å². The second-order valence-corrected chi connectivity index (χ2v) is 6.52. The molecular formula is C18H27N3O. The fourth-order valence-corrected chi connectivity index (χ4v) is 2.70. The summed E-state index contributed by atoms with van der Waals surface area (Å²) in [5.74, 6) is 0. The summed E-state index contributed by atoms with van der Waals surface area (Å²) in [6.07, 6.45) is 4.25. The molecule has 1 heterocycles. The van der Waals surface area contributed by atoms with Gasteiger partial charge in [0.2, 0.25) is 0 Å². The van der Waals surface area contributed by atoms with Crippen LogP contribution in [0.3, 0.4) is 0 Å². The van der Waals surface area contributed by atoms with Gasteiger partial charge in [-0.2, -0.15) is 0 Å². The molecule has 0 bridgehead atoms. The van der Waals surface area contributed by atoms with Crippen molar-refractivity contribution < 1.29 is 5.11 Å². The van der Waals surface area contributed by atoms with E-state index in [0.717, 1.165) is 13.1 Å². The summed E-state index contributed by atoms with van der Waals surface area (Å²) in [5.41, 5.74) is 1.82. The van der Waals surface area contributed by atoms with Crippen LogP contribution in [0, 0.1) is 0 Å². The molecule has 1 aromatic heterocycles. The van der Waals surface area contributed by atoms with Crippen molar-refractivity contribution >= 4 is 0 Å². The van der Waals surface area contributed by atoms with E-state index < -0.39 is 5.60 Å². The summed E-state index contributed by atoms with van der Waals surface area (Å²) in [4.78, 5) is 2.00. The van der Waals surface area contributed by atoms with Gasteiger partial charge in [0.05, 0.1) is 5.60 Å². The molecule has 0 aliphatic heterocycles. The number of likely N-dealkylation sites (N-methyl/N-ethyl adjacent to an activating group) is 1. The minimum absolute atomic E-state index is 0.578. The number of benzene rings is 1. The topological polar surface area (TPSA) is 40.4 Å². The molecule has 0 fully saturated rings. The highest BCUT2D eigenvalue weighted by Gasteiger charge is 2.20. The third-order valence-electron chi connectivity index (χ3n) is 3.51. The van der Waals surface area contributed by atoms with Gasteiger partial charge in [-0.1, -0.05) is 30.3 Å². The van der Waals surface area contributed by atoms with Crippen LogP contribution in [-0.4, -0.2) is 47.4 Å². The lowest BCUT2D eigenvalue weighted by Crippen LogP contribution is -2.45. The molecule has 2 rings (SSSR count). The average Bonchev–Trinajstić information content (AvgIpc) is 2.85. The zero-order chi connectivity index (χ0) is 16.0. The molecule has 0 aliphatic carbocycles. The molecule has 1 atom stereocenters. The maximum Gasteiger partial charge on any atom is 0.0869 e. The first kappa shape index (κ1) is 16.7. The summed E-state index contributed by atoms with van der Waals surface area (Å²) in [6, 6.07) is 12.6. The number of aromatic nitrogens is 1. The Kier molecular flexibility index (Phi) is 5.77. The van der Waals surface area contributed by atoms with E-state index in [1.165, 1.54) is 11.1 Å². The van der Waals surface area contributed by atoms with E-state index in [4.69, 9.17) is 0 Å². The molecule has 22 heavy (non-hydrogen) atoms. The van der Waals surface area contributed by atoms with Gasteiger partial charge in [0.25, 0.3) is 0 Å². The molecule has 2 aromatic rings. The predicted molar refractivity (Wildman–Crippen MR) is 90.9 cm³/mol. The molecule has 0 aliphatic rings. The second kappa shape index (κ2) is 7.58. The van der Waals surface area contributed by atoms with E-state index in [2.05, 4.69) is 52.6 Å². The SMILES string of the molecule is CN(C)CC(C)(O)CNCc1ccn(Cc2ccccc2)c1. The van der Waals surface area contributed by atoms with Crippen LogP contribution in [0.15, 0.2) is 48.8 Å². The van der Waals surface area contributed by atoms with Crippen molar-refractivity contribution in [3.8, 4) is 0 Å². The fraction of sp³-hybridized carbons (Fsp3) is 0.444. The van der Waals surface area contributed by atoms with E-state index in [0.29, 0.717) is 13.1 Å². The zero-order valence-corrected chi connectivity index (χ0v) is 13.8. The van der Waals surface area contributed by atoms with Gasteiger partial charge in [-0.3, -0.25) is 0 Å². The van der Waals surface area contributed by atoms with Gasteiger partial charge in [-0.15, -0.1) is 0 Å². The van der Waals surface area contributed by atoms with Gasteiger partial charge < -0.3 is 19.9 Å². The van der Waals surface area contributed by atoms with E-state index in [-0.39, 0.29) is 0 Å². The number of rotatable bonds is 8. The summed E-state index contributed by atoms with van der Waals surface area (Å²) in [7, 11) is 3.94. The standard InChI is InChI=1S/C18H27N3O/c1-18(22,15-20(2)3)14-19-11-17-9-10-21(13-17)12-16-7-5-4-6-8-16/h4-10,13,19,22H,11-12,14-15H2,1-3H3. The van der Waals surface area contributed by atoms with E-state index >= 15 is 0 Å². The third kappa shape index (κ3) is 5.64. The molecule has 4 nitrogen and oxygen atoms in total. The smallest absolute Gasteiger partial charge is 0.0869 e. The highest BCUT2D eigenvalue weighted by Crippen LogP contribution is 2.07. The minimum atomic E-state index is -0.712. The van der Waals surface area contributed by atoms with Gasteiger partial charge in [0.15, 0.2) is 0 Å². The summed E-state index contributed by atoms with van der Waals surface area (Å²) >= 11 is 0. The monoisotopic (exact) mass is 301 g/mol. The largest absolute Gasteiger partial charge is 0.388 e. The highest BCUT2D eigenvalue weighted by atomic mass is 16.3. The van der Waals surface area contributed by atoms with Crippen molar-refractivity contribution in [2.45, 2.75) is 25.6 Å². The van der Waals surface area contributed by atoms with Crippen LogP contribution in [0.2, 0.25) is 0 Å². The molecule has 120 valence electrons. The Bertz CT molecular complexity index is 561. The van der Waals surface area contributed by atoms with Gasteiger partial charge >= 0.3 is 0 Å². The summed E-state index contributed by atoms with van der Waals surface area (Å²) in [6.45, 7) is 4.75. The van der Waals surface area contributed by atoms with Crippen molar-refractivity contribution in [3.63, 3.8) is 0 Å². The van der Waals surface area contributed by atoms with Crippen molar-refractivity contribution in [2.75, 3.05) is 27.2 Å². The Labute approximate surface area is 133 Å². The lowest BCUT2D eigenvalue weighted by atomic mass is 10.1. The van der Waals surface area contributed by atoms with Gasteiger partial charge in [0, 0.05) is 38.6 Å². The zero-order valence-electron chi connectivity index (χ0n) is 13.8. The van der Waals surface area contributed by atoms with Crippen LogP contribution in [0.25, 0.3) is 0 Å². The molecule has 0 saturated heterocycles. The van der Waals surface area contributed by atoms with Gasteiger partial charge in [-0.25, -0.2) is 0 Å². The van der Waals surface area contributed by atoms with Crippen molar-refractivity contribution in [1.29, 1.82) is 0 Å². The second-order valence-electron chi connectivity index (χ2n) is 6.52. The Balaban J connectivity index is 1.80. The maximum absolute atomic E-state index is 10.3. The first-order valence-corrected chi connectivity index (χ1v) is 7.71. The molecule has 0 saturated carbocycles. The Hall–Kier alpha value is -1.62. The lowest BCUT2D eigenvalue weighted by molar-refractivity contribution is 0.0336. The molecule has 1 unspecified atom stereocenters. The van der Waals surface area contributed by atoms with E-state index in [1.807, 2.05) is 32.0 Å². The number of nitrogens with one attached hydrogen (secondary N) is 1. The first-order valence-electron chi connectivity index (χ1n) is 7.71. The van der Waals surface area contributed by atoms with E-state index in [9.17, 15) is 5.11 Å². The third-order valence-corrected chi connectivity index (χ3v) is 3.51. The summed E-state index contributed by atoms with van der Waals surface area (Å²) in [5, 5.41) is 13.6. The molecule has 0 radical (unpaired) electrons. The van der Waals surface area contributed by atoms with Crippen LogP contribution in [0.5, 0.6) is 0 Å². The van der Waals surface area contributed by atoms with Crippen LogP contribution >= 0.6 is 0 Å². The number of aliphatic hydroxyl groups is 1. The lowest BCUT2D eigenvalue weighted by Gasteiger charge is -2.27. The number of nitrogens with zero attached hydrogens (tertiary/aromatic N) is 2. The molecule has 0 amide bonds. The quantitative estimate of drug-likeness (QED) is 0.783. The van der Waals surface area contributed by atoms with Crippen molar-refractivity contribution in [2.24, 2.45) is 0 Å². The normalized spacial score (nSPS) is 14.2. The summed E-state index contributed by atoms with van der Waals surface area (Å²) < 4.78 is 2.18. The Morgan fingerprint density at radius 3 is 2.55 bits per heavy atom. The number of hydrogen-bond acceptors (Lipinski definition) is 3.